The lowest BCUT2D eigenvalue weighted by atomic mass is 10.1. The second-order valence-corrected chi connectivity index (χ2v) is 3.81. The van der Waals surface area contributed by atoms with E-state index >= 15 is 0 Å². The van der Waals surface area contributed by atoms with Crippen LogP contribution >= 0.6 is 0 Å². The van der Waals surface area contributed by atoms with Crippen molar-refractivity contribution in [1.82, 2.24) is 5.32 Å². The van der Waals surface area contributed by atoms with Crippen LogP contribution in [0.4, 0.5) is 0 Å². The third-order valence-electron chi connectivity index (χ3n) is 2.41. The van der Waals surface area contributed by atoms with E-state index in [2.05, 4.69) is 5.32 Å². The molecule has 0 aliphatic rings. The fraction of sp³-hybridized carbons (Fsp3) is 0.462. The first-order valence-corrected chi connectivity index (χ1v) is 5.61. The zero-order chi connectivity index (χ0) is 12.7. The average molecular weight is 237 g/mol. The first-order valence-electron chi connectivity index (χ1n) is 5.61. The van der Waals surface area contributed by atoms with Crippen molar-refractivity contribution >= 4 is 5.91 Å². The molecule has 0 aliphatic carbocycles. The van der Waals surface area contributed by atoms with Gasteiger partial charge in [0.1, 0.15) is 5.75 Å². The Balaban J connectivity index is 2.64. The number of carbonyl (C=O) groups excluding carboxylic acids is 1. The molecule has 0 heterocycles. The van der Waals surface area contributed by atoms with E-state index in [1.54, 1.807) is 20.3 Å². The van der Waals surface area contributed by atoms with Gasteiger partial charge >= 0.3 is 0 Å². The number of benzene rings is 1. The van der Waals surface area contributed by atoms with Crippen LogP contribution in [0.5, 0.6) is 5.75 Å². The molecule has 17 heavy (non-hydrogen) atoms. The smallest absolute Gasteiger partial charge is 0.255 e. The molecular formula is C13H19NO3. The predicted octanol–water partition coefficient (Wildman–Crippen LogP) is 1.77. The summed E-state index contributed by atoms with van der Waals surface area (Å²) in [6.45, 7) is 3.19. The lowest BCUT2D eigenvalue weighted by Crippen LogP contribution is -2.25. The molecule has 0 radical (unpaired) electrons. The number of rotatable bonds is 6. The molecule has 0 aliphatic heterocycles. The van der Waals surface area contributed by atoms with Crippen molar-refractivity contribution in [3.8, 4) is 5.75 Å². The number of nitrogens with one attached hydrogen (secondary N) is 1. The summed E-state index contributed by atoms with van der Waals surface area (Å²) in [6, 6.07) is 5.55. The number of methoxy groups -OCH3 is 2. The SMILES string of the molecule is COCCCNC(=O)c1cc(C)ccc1OC. The number of hydrogen-bond acceptors (Lipinski definition) is 3. The summed E-state index contributed by atoms with van der Waals surface area (Å²) in [5.74, 6) is 0.487. The molecule has 1 amide bonds. The zero-order valence-electron chi connectivity index (χ0n) is 10.6. The molecular weight excluding hydrogens is 218 g/mol. The maximum atomic E-state index is 11.9. The number of aryl methyl sites for hydroxylation is 1. The van der Waals surface area contributed by atoms with Crippen LogP contribution in [0.2, 0.25) is 0 Å². The summed E-state index contributed by atoms with van der Waals surface area (Å²) >= 11 is 0. The van der Waals surface area contributed by atoms with Crippen molar-refractivity contribution in [3.05, 3.63) is 29.3 Å². The predicted molar refractivity (Wildman–Crippen MR) is 66.6 cm³/mol. The van der Waals surface area contributed by atoms with E-state index in [1.807, 2.05) is 19.1 Å². The van der Waals surface area contributed by atoms with Gasteiger partial charge in [-0.3, -0.25) is 4.79 Å². The highest BCUT2D eigenvalue weighted by molar-refractivity contribution is 5.97. The van der Waals surface area contributed by atoms with Gasteiger partial charge in [-0.2, -0.15) is 0 Å². The van der Waals surface area contributed by atoms with Gasteiger partial charge in [0, 0.05) is 20.3 Å². The van der Waals surface area contributed by atoms with Crippen LogP contribution in [-0.4, -0.2) is 33.3 Å². The molecule has 0 aromatic heterocycles. The monoisotopic (exact) mass is 237 g/mol. The highest BCUT2D eigenvalue weighted by Gasteiger charge is 2.11. The van der Waals surface area contributed by atoms with E-state index in [1.165, 1.54) is 0 Å². The van der Waals surface area contributed by atoms with Crippen LogP contribution in [0.3, 0.4) is 0 Å². The lowest BCUT2D eigenvalue weighted by molar-refractivity contribution is 0.0945. The topological polar surface area (TPSA) is 47.6 Å². The Labute approximate surface area is 102 Å². The highest BCUT2D eigenvalue weighted by Crippen LogP contribution is 2.19. The van der Waals surface area contributed by atoms with Crippen molar-refractivity contribution in [2.75, 3.05) is 27.4 Å². The Bertz CT molecular complexity index is 377. The number of amides is 1. The molecule has 94 valence electrons. The van der Waals surface area contributed by atoms with Crippen LogP contribution in [0.15, 0.2) is 18.2 Å². The Hall–Kier alpha value is -1.55. The van der Waals surface area contributed by atoms with Crippen LogP contribution in [-0.2, 0) is 4.74 Å². The van der Waals surface area contributed by atoms with Crippen LogP contribution < -0.4 is 10.1 Å². The fourth-order valence-electron chi connectivity index (χ4n) is 1.51. The third-order valence-corrected chi connectivity index (χ3v) is 2.41. The van der Waals surface area contributed by atoms with Gasteiger partial charge in [-0.05, 0) is 25.5 Å². The molecule has 0 unspecified atom stereocenters. The summed E-state index contributed by atoms with van der Waals surface area (Å²) in [5.41, 5.74) is 1.61. The summed E-state index contributed by atoms with van der Waals surface area (Å²) in [7, 11) is 3.21. The molecule has 1 rings (SSSR count). The van der Waals surface area contributed by atoms with Crippen molar-refractivity contribution < 1.29 is 14.3 Å². The van der Waals surface area contributed by atoms with E-state index in [9.17, 15) is 4.79 Å². The summed E-state index contributed by atoms with van der Waals surface area (Å²) in [5, 5.41) is 2.84. The molecule has 4 heteroatoms. The van der Waals surface area contributed by atoms with Crippen molar-refractivity contribution in [1.29, 1.82) is 0 Å². The molecule has 0 bridgehead atoms. The molecule has 1 aromatic carbocycles. The molecule has 4 nitrogen and oxygen atoms in total. The van der Waals surface area contributed by atoms with E-state index in [0.29, 0.717) is 24.5 Å². The molecule has 0 saturated heterocycles. The normalized spacial score (nSPS) is 10.1. The molecule has 1 N–H and O–H groups in total. The van der Waals surface area contributed by atoms with Crippen molar-refractivity contribution in [2.24, 2.45) is 0 Å². The summed E-state index contributed by atoms with van der Waals surface area (Å²) < 4.78 is 10.1. The van der Waals surface area contributed by atoms with E-state index < -0.39 is 0 Å². The Kier molecular flexibility index (Phi) is 5.49. The molecule has 0 saturated carbocycles. The van der Waals surface area contributed by atoms with E-state index in [4.69, 9.17) is 9.47 Å². The lowest BCUT2D eigenvalue weighted by Gasteiger charge is -2.10. The Morgan fingerprint density at radius 1 is 1.35 bits per heavy atom. The van der Waals surface area contributed by atoms with Crippen LogP contribution in [0.25, 0.3) is 0 Å². The standard InChI is InChI=1S/C13H19NO3/c1-10-5-6-12(17-3)11(9-10)13(15)14-7-4-8-16-2/h5-6,9H,4,7-8H2,1-3H3,(H,14,15). The average Bonchev–Trinajstić information content (AvgIpc) is 2.34. The van der Waals surface area contributed by atoms with Crippen molar-refractivity contribution in [3.63, 3.8) is 0 Å². The zero-order valence-corrected chi connectivity index (χ0v) is 10.6. The summed E-state index contributed by atoms with van der Waals surface area (Å²) in [4.78, 5) is 11.9. The van der Waals surface area contributed by atoms with Crippen LogP contribution in [0, 0.1) is 6.92 Å². The highest BCUT2D eigenvalue weighted by atomic mass is 16.5. The van der Waals surface area contributed by atoms with Gasteiger partial charge in [0.15, 0.2) is 0 Å². The number of carbonyl (C=O) groups is 1. The minimum Gasteiger partial charge on any atom is -0.496 e. The number of hydrogen-bond donors (Lipinski definition) is 1. The fourth-order valence-corrected chi connectivity index (χ4v) is 1.51. The molecule has 0 atom stereocenters. The van der Waals surface area contributed by atoms with Gasteiger partial charge in [-0.15, -0.1) is 0 Å². The van der Waals surface area contributed by atoms with E-state index in [-0.39, 0.29) is 5.91 Å². The largest absolute Gasteiger partial charge is 0.496 e. The van der Waals surface area contributed by atoms with Gasteiger partial charge in [-0.25, -0.2) is 0 Å². The van der Waals surface area contributed by atoms with Crippen LogP contribution in [0.1, 0.15) is 22.3 Å². The Morgan fingerprint density at radius 3 is 2.76 bits per heavy atom. The maximum Gasteiger partial charge on any atom is 0.255 e. The first-order chi connectivity index (χ1) is 8.19. The first kappa shape index (κ1) is 13.5. The molecule has 0 spiro atoms. The third kappa shape index (κ3) is 4.07. The quantitative estimate of drug-likeness (QED) is 0.767. The minimum atomic E-state index is -0.110. The maximum absolute atomic E-state index is 11.9. The van der Waals surface area contributed by atoms with E-state index in [0.717, 1.165) is 12.0 Å². The van der Waals surface area contributed by atoms with Gasteiger partial charge in [-0.1, -0.05) is 11.6 Å². The van der Waals surface area contributed by atoms with Gasteiger partial charge in [0.2, 0.25) is 0 Å². The Morgan fingerprint density at radius 2 is 2.12 bits per heavy atom. The second kappa shape index (κ2) is 6.91. The summed E-state index contributed by atoms with van der Waals surface area (Å²) in [6.07, 6.45) is 0.802. The molecule has 0 fully saturated rings. The van der Waals surface area contributed by atoms with Gasteiger partial charge < -0.3 is 14.8 Å². The molecule has 1 aromatic rings. The number of ether oxygens (including phenoxy) is 2. The van der Waals surface area contributed by atoms with Gasteiger partial charge in [0.05, 0.1) is 12.7 Å². The van der Waals surface area contributed by atoms with Gasteiger partial charge in [0.25, 0.3) is 5.91 Å². The minimum absolute atomic E-state index is 0.110. The second-order valence-electron chi connectivity index (χ2n) is 3.81. The van der Waals surface area contributed by atoms with Crippen molar-refractivity contribution in [2.45, 2.75) is 13.3 Å².